The summed E-state index contributed by atoms with van der Waals surface area (Å²) in [6, 6.07) is 18.5. The summed E-state index contributed by atoms with van der Waals surface area (Å²) in [7, 11) is 0. The number of nitrogens with one attached hydrogen (secondary N) is 1. The minimum absolute atomic E-state index is 0.0860. The van der Waals surface area contributed by atoms with Crippen LogP contribution in [0.25, 0.3) is 6.08 Å². The fourth-order valence-corrected chi connectivity index (χ4v) is 3.30. The molecular weight excluding hydrogens is 422 g/mol. The SMILES string of the molecule is Cc1ccc(Cl)cc1NC(=O)/C(C#N)=C/c1cc(Cl)ccc1Cc1cccc(F)c1. The molecule has 0 bridgehead atoms. The van der Waals surface area contributed by atoms with Crippen molar-refractivity contribution >= 4 is 40.9 Å². The molecular formula is C24H17Cl2FN2O. The summed E-state index contributed by atoms with van der Waals surface area (Å²) in [6.07, 6.45) is 1.91. The third-order valence-electron chi connectivity index (χ3n) is 4.50. The molecule has 1 amide bonds. The minimum Gasteiger partial charge on any atom is -0.321 e. The Hall–Kier alpha value is -3.13. The third-order valence-corrected chi connectivity index (χ3v) is 4.97. The average Bonchev–Trinajstić information content (AvgIpc) is 2.70. The Morgan fingerprint density at radius 1 is 1.10 bits per heavy atom. The molecule has 3 nitrogen and oxygen atoms in total. The third kappa shape index (κ3) is 5.48. The summed E-state index contributed by atoms with van der Waals surface area (Å²) < 4.78 is 13.5. The number of halogens is 3. The van der Waals surface area contributed by atoms with Gasteiger partial charge in [-0.25, -0.2) is 4.39 Å². The van der Waals surface area contributed by atoms with E-state index in [4.69, 9.17) is 23.2 Å². The zero-order chi connectivity index (χ0) is 21.7. The number of amides is 1. The molecule has 0 aliphatic heterocycles. The van der Waals surface area contributed by atoms with E-state index in [1.54, 1.807) is 42.5 Å². The molecule has 3 rings (SSSR count). The van der Waals surface area contributed by atoms with Gasteiger partial charge in [0.2, 0.25) is 0 Å². The highest BCUT2D eigenvalue weighted by molar-refractivity contribution is 6.31. The maximum absolute atomic E-state index is 13.5. The standard InChI is InChI=1S/C24H17Cl2FN2O/c1-15-5-7-21(26)13-23(15)29-24(30)19(14-28)11-18-12-20(25)8-6-17(18)9-16-3-2-4-22(27)10-16/h2-8,10-13H,9H2,1H3,(H,29,30)/b19-11+. The monoisotopic (exact) mass is 438 g/mol. The van der Waals surface area contributed by atoms with Crippen molar-refractivity contribution in [3.63, 3.8) is 0 Å². The van der Waals surface area contributed by atoms with Crippen molar-refractivity contribution in [1.82, 2.24) is 0 Å². The molecule has 3 aromatic carbocycles. The van der Waals surface area contributed by atoms with E-state index in [0.29, 0.717) is 27.7 Å². The maximum Gasteiger partial charge on any atom is 0.266 e. The summed E-state index contributed by atoms with van der Waals surface area (Å²) in [5.41, 5.74) is 3.45. The molecule has 0 aliphatic rings. The second-order valence-electron chi connectivity index (χ2n) is 6.73. The Bertz CT molecular complexity index is 1180. The van der Waals surface area contributed by atoms with Crippen molar-refractivity contribution in [3.8, 4) is 6.07 Å². The topological polar surface area (TPSA) is 52.9 Å². The quantitative estimate of drug-likeness (QED) is 0.361. The number of hydrogen-bond donors (Lipinski definition) is 1. The van der Waals surface area contributed by atoms with Crippen LogP contribution in [0.15, 0.2) is 66.2 Å². The van der Waals surface area contributed by atoms with Crippen molar-refractivity contribution in [2.24, 2.45) is 0 Å². The lowest BCUT2D eigenvalue weighted by Crippen LogP contribution is -2.14. The lowest BCUT2D eigenvalue weighted by Gasteiger charge is -2.10. The van der Waals surface area contributed by atoms with E-state index in [-0.39, 0.29) is 11.4 Å². The molecule has 0 aromatic heterocycles. The van der Waals surface area contributed by atoms with Gasteiger partial charge in [0.25, 0.3) is 5.91 Å². The highest BCUT2D eigenvalue weighted by Crippen LogP contribution is 2.24. The Morgan fingerprint density at radius 2 is 1.83 bits per heavy atom. The van der Waals surface area contributed by atoms with Gasteiger partial charge in [-0.15, -0.1) is 0 Å². The van der Waals surface area contributed by atoms with E-state index in [1.165, 1.54) is 18.2 Å². The molecule has 0 atom stereocenters. The van der Waals surface area contributed by atoms with Gasteiger partial charge in [0, 0.05) is 15.7 Å². The number of carbonyl (C=O) groups is 1. The molecule has 150 valence electrons. The fraction of sp³-hybridized carbons (Fsp3) is 0.0833. The number of aryl methyl sites for hydroxylation is 1. The number of benzene rings is 3. The van der Waals surface area contributed by atoms with E-state index < -0.39 is 5.91 Å². The van der Waals surface area contributed by atoms with E-state index >= 15 is 0 Å². The first-order chi connectivity index (χ1) is 14.4. The molecule has 0 saturated heterocycles. The average molecular weight is 439 g/mol. The van der Waals surface area contributed by atoms with Gasteiger partial charge < -0.3 is 5.32 Å². The second kappa shape index (κ2) is 9.58. The molecule has 0 fully saturated rings. The Morgan fingerprint density at radius 3 is 2.57 bits per heavy atom. The van der Waals surface area contributed by atoms with Gasteiger partial charge >= 0.3 is 0 Å². The molecule has 0 radical (unpaired) electrons. The number of nitrogens with zero attached hydrogens (tertiary/aromatic N) is 1. The molecule has 0 spiro atoms. The van der Waals surface area contributed by atoms with Crippen molar-refractivity contribution in [3.05, 3.63) is 104 Å². The first-order valence-electron chi connectivity index (χ1n) is 9.08. The Balaban J connectivity index is 1.93. The molecule has 30 heavy (non-hydrogen) atoms. The van der Waals surface area contributed by atoms with Crippen LogP contribution in [-0.2, 0) is 11.2 Å². The zero-order valence-corrected chi connectivity index (χ0v) is 17.6. The van der Waals surface area contributed by atoms with E-state index in [0.717, 1.165) is 16.7 Å². The lowest BCUT2D eigenvalue weighted by molar-refractivity contribution is -0.112. The number of rotatable bonds is 5. The van der Waals surface area contributed by atoms with Gasteiger partial charge in [-0.1, -0.05) is 47.5 Å². The molecule has 0 aliphatic carbocycles. The largest absolute Gasteiger partial charge is 0.321 e. The fourth-order valence-electron chi connectivity index (χ4n) is 2.95. The summed E-state index contributed by atoms with van der Waals surface area (Å²) in [5, 5.41) is 13.2. The van der Waals surface area contributed by atoms with Crippen LogP contribution in [0.5, 0.6) is 0 Å². The molecule has 0 heterocycles. The first kappa shape index (κ1) is 21.6. The maximum atomic E-state index is 13.5. The van der Waals surface area contributed by atoms with E-state index in [9.17, 15) is 14.4 Å². The molecule has 0 unspecified atom stereocenters. The van der Waals surface area contributed by atoms with Gasteiger partial charge in [0.1, 0.15) is 17.5 Å². The van der Waals surface area contributed by atoms with Crippen molar-refractivity contribution in [1.29, 1.82) is 5.26 Å². The van der Waals surface area contributed by atoms with Gasteiger partial charge in [0.05, 0.1) is 0 Å². The predicted octanol–water partition coefficient (Wildman–Crippen LogP) is 6.58. The Kier molecular flexibility index (Phi) is 6.89. The van der Waals surface area contributed by atoms with Crippen LogP contribution in [0.4, 0.5) is 10.1 Å². The molecule has 1 N–H and O–H groups in total. The number of anilines is 1. The van der Waals surface area contributed by atoms with Gasteiger partial charge in [0.15, 0.2) is 0 Å². The van der Waals surface area contributed by atoms with Crippen LogP contribution >= 0.6 is 23.2 Å². The number of carbonyl (C=O) groups excluding carboxylic acids is 1. The summed E-state index contributed by atoms with van der Waals surface area (Å²) >= 11 is 12.1. The molecule has 6 heteroatoms. The zero-order valence-electron chi connectivity index (χ0n) is 16.0. The summed E-state index contributed by atoms with van der Waals surface area (Å²) in [6.45, 7) is 1.83. The minimum atomic E-state index is -0.556. The lowest BCUT2D eigenvalue weighted by atomic mass is 9.98. The normalized spacial score (nSPS) is 11.1. The van der Waals surface area contributed by atoms with Crippen LogP contribution < -0.4 is 5.32 Å². The highest BCUT2D eigenvalue weighted by Gasteiger charge is 2.13. The second-order valence-corrected chi connectivity index (χ2v) is 7.61. The summed E-state index contributed by atoms with van der Waals surface area (Å²) in [4.78, 5) is 12.7. The van der Waals surface area contributed by atoms with Crippen LogP contribution in [0, 0.1) is 24.1 Å². The molecule has 3 aromatic rings. The van der Waals surface area contributed by atoms with Gasteiger partial charge in [-0.2, -0.15) is 5.26 Å². The molecule has 0 saturated carbocycles. The first-order valence-corrected chi connectivity index (χ1v) is 9.83. The summed E-state index contributed by atoms with van der Waals surface area (Å²) in [5.74, 6) is -0.882. The van der Waals surface area contributed by atoms with Crippen LogP contribution in [0.1, 0.15) is 22.3 Å². The van der Waals surface area contributed by atoms with E-state index in [1.807, 2.05) is 19.1 Å². The smallest absolute Gasteiger partial charge is 0.266 e. The van der Waals surface area contributed by atoms with Crippen molar-refractivity contribution < 1.29 is 9.18 Å². The van der Waals surface area contributed by atoms with Crippen molar-refractivity contribution in [2.75, 3.05) is 5.32 Å². The van der Waals surface area contributed by atoms with Crippen molar-refractivity contribution in [2.45, 2.75) is 13.3 Å². The van der Waals surface area contributed by atoms with E-state index in [2.05, 4.69) is 5.32 Å². The highest BCUT2D eigenvalue weighted by atomic mass is 35.5. The van der Waals surface area contributed by atoms with Crippen LogP contribution in [0.3, 0.4) is 0 Å². The van der Waals surface area contributed by atoms with Gasteiger partial charge in [-0.3, -0.25) is 4.79 Å². The van der Waals surface area contributed by atoms with Crippen LogP contribution in [0.2, 0.25) is 10.0 Å². The van der Waals surface area contributed by atoms with Gasteiger partial charge in [-0.05, 0) is 78.1 Å². The number of hydrogen-bond acceptors (Lipinski definition) is 2. The Labute approximate surface area is 184 Å². The predicted molar refractivity (Wildman–Crippen MR) is 119 cm³/mol. The number of nitriles is 1. The van der Waals surface area contributed by atoms with Crippen LogP contribution in [-0.4, -0.2) is 5.91 Å².